The Balaban J connectivity index is 2.11. The highest BCUT2D eigenvalue weighted by Crippen LogP contribution is 2.21. The monoisotopic (exact) mass is 408 g/mol. The van der Waals surface area contributed by atoms with Crippen LogP contribution in [0.5, 0.6) is 0 Å². The van der Waals surface area contributed by atoms with Crippen LogP contribution in [-0.4, -0.2) is 18.0 Å². The molecule has 2 unspecified atom stereocenters. The lowest BCUT2D eigenvalue weighted by Crippen LogP contribution is -2.44. The molecule has 1 aromatic carbocycles. The van der Waals surface area contributed by atoms with E-state index in [1.807, 2.05) is 18.2 Å². The number of nitrogens with one attached hydrogen (secondary N) is 1. The zero-order chi connectivity index (χ0) is 12.4. The van der Waals surface area contributed by atoms with Crippen LogP contribution in [0.25, 0.3) is 0 Å². The molecule has 0 heterocycles. The third-order valence-electron chi connectivity index (χ3n) is 3.06. The molecule has 3 N–H and O–H groups in total. The van der Waals surface area contributed by atoms with Crippen molar-refractivity contribution in [2.75, 3.05) is 0 Å². The molecule has 2 rings (SSSR count). The smallest absolute Gasteiger partial charge is 0.252 e. The van der Waals surface area contributed by atoms with E-state index in [9.17, 15) is 4.79 Å². The number of benzene rings is 1. The van der Waals surface area contributed by atoms with Crippen molar-refractivity contribution in [3.8, 4) is 0 Å². The number of carbonyl (C=O) groups excluding carboxylic acids is 1. The molecule has 1 aliphatic rings. The number of nitrogens with two attached hydrogens (primary N) is 1. The predicted octanol–water partition coefficient (Wildman–Crippen LogP) is 2.66. The van der Waals surface area contributed by atoms with Gasteiger partial charge in [-0.15, -0.1) is 0 Å². The summed E-state index contributed by atoms with van der Waals surface area (Å²) in [7, 11) is 0. The molecule has 0 saturated heterocycles. The Kier molecular flexibility index (Phi) is 4.43. The minimum atomic E-state index is -0.0438. The molecular formula is C12H14BrIN2O. The summed E-state index contributed by atoms with van der Waals surface area (Å²) in [5.41, 5.74) is 6.62. The average Bonchev–Trinajstić information content (AvgIpc) is 2.68. The minimum Gasteiger partial charge on any atom is -0.348 e. The van der Waals surface area contributed by atoms with Gasteiger partial charge in [0.1, 0.15) is 0 Å². The van der Waals surface area contributed by atoms with Crippen LogP contribution in [0.3, 0.4) is 0 Å². The lowest BCUT2D eigenvalue weighted by Gasteiger charge is -2.17. The maximum atomic E-state index is 12.1. The van der Waals surface area contributed by atoms with Gasteiger partial charge in [0.25, 0.3) is 5.91 Å². The van der Waals surface area contributed by atoms with Crippen molar-refractivity contribution in [2.45, 2.75) is 31.3 Å². The Morgan fingerprint density at radius 3 is 2.88 bits per heavy atom. The number of halogens is 2. The Hall–Kier alpha value is -0.140. The standard InChI is InChI=1S/C12H14BrIN2O/c13-9-5-4-7(14)6-8(9)12(17)16-11-3-1-2-10(11)15/h4-6,10-11H,1-3,15H2,(H,16,17). The van der Waals surface area contributed by atoms with Crippen molar-refractivity contribution in [3.05, 3.63) is 31.8 Å². The topological polar surface area (TPSA) is 55.1 Å². The number of hydrogen-bond acceptors (Lipinski definition) is 2. The largest absolute Gasteiger partial charge is 0.348 e. The molecule has 0 spiro atoms. The first-order valence-corrected chi connectivity index (χ1v) is 7.46. The lowest BCUT2D eigenvalue weighted by molar-refractivity contribution is 0.0934. The number of rotatable bonds is 2. The van der Waals surface area contributed by atoms with Crippen LogP contribution >= 0.6 is 38.5 Å². The highest BCUT2D eigenvalue weighted by molar-refractivity contribution is 14.1. The van der Waals surface area contributed by atoms with E-state index in [0.29, 0.717) is 5.56 Å². The molecule has 0 aromatic heterocycles. The Morgan fingerprint density at radius 2 is 2.24 bits per heavy atom. The van der Waals surface area contributed by atoms with Crippen LogP contribution in [-0.2, 0) is 0 Å². The summed E-state index contributed by atoms with van der Waals surface area (Å²) in [6.07, 6.45) is 3.08. The fourth-order valence-electron chi connectivity index (χ4n) is 2.09. The second-order valence-electron chi connectivity index (χ2n) is 4.30. The highest BCUT2D eigenvalue weighted by atomic mass is 127. The summed E-state index contributed by atoms with van der Waals surface area (Å²) >= 11 is 5.60. The van der Waals surface area contributed by atoms with Crippen LogP contribution in [0.15, 0.2) is 22.7 Å². The van der Waals surface area contributed by atoms with Crippen molar-refractivity contribution in [2.24, 2.45) is 5.73 Å². The maximum Gasteiger partial charge on any atom is 0.252 e. The maximum absolute atomic E-state index is 12.1. The molecule has 1 aromatic rings. The minimum absolute atomic E-state index is 0.0438. The van der Waals surface area contributed by atoms with Crippen LogP contribution in [0.1, 0.15) is 29.6 Å². The van der Waals surface area contributed by atoms with Gasteiger partial charge < -0.3 is 11.1 Å². The van der Waals surface area contributed by atoms with Gasteiger partial charge in [-0.1, -0.05) is 0 Å². The molecule has 2 atom stereocenters. The Labute approximate surface area is 123 Å². The quantitative estimate of drug-likeness (QED) is 0.739. The van der Waals surface area contributed by atoms with E-state index >= 15 is 0 Å². The Morgan fingerprint density at radius 1 is 1.47 bits per heavy atom. The summed E-state index contributed by atoms with van der Waals surface area (Å²) in [6.45, 7) is 0. The molecule has 17 heavy (non-hydrogen) atoms. The second kappa shape index (κ2) is 5.67. The van der Waals surface area contributed by atoms with Crippen molar-refractivity contribution in [1.29, 1.82) is 0 Å². The van der Waals surface area contributed by atoms with Crippen molar-refractivity contribution in [1.82, 2.24) is 5.32 Å². The molecule has 1 aliphatic carbocycles. The van der Waals surface area contributed by atoms with Gasteiger partial charge in [-0.3, -0.25) is 4.79 Å². The summed E-state index contributed by atoms with van der Waals surface area (Å²) in [5.74, 6) is -0.0438. The first-order valence-electron chi connectivity index (χ1n) is 5.59. The molecule has 0 radical (unpaired) electrons. The van der Waals surface area contributed by atoms with Gasteiger partial charge in [0, 0.05) is 20.1 Å². The van der Waals surface area contributed by atoms with E-state index < -0.39 is 0 Å². The molecule has 0 aliphatic heterocycles. The van der Waals surface area contributed by atoms with Crippen LogP contribution in [0, 0.1) is 3.57 Å². The molecule has 3 nitrogen and oxygen atoms in total. The molecule has 5 heteroatoms. The first kappa shape index (κ1) is 13.3. The third-order valence-corrected chi connectivity index (χ3v) is 4.42. The van der Waals surface area contributed by atoms with E-state index in [0.717, 1.165) is 27.3 Å². The van der Waals surface area contributed by atoms with E-state index in [-0.39, 0.29) is 18.0 Å². The molecule has 1 saturated carbocycles. The van der Waals surface area contributed by atoms with E-state index in [4.69, 9.17) is 5.73 Å². The molecule has 1 amide bonds. The zero-order valence-electron chi connectivity index (χ0n) is 9.25. The van der Waals surface area contributed by atoms with Gasteiger partial charge in [0.15, 0.2) is 0 Å². The van der Waals surface area contributed by atoms with Gasteiger partial charge in [-0.05, 0) is 76.0 Å². The molecule has 92 valence electrons. The first-order chi connectivity index (χ1) is 8.08. The average molecular weight is 409 g/mol. The van der Waals surface area contributed by atoms with Gasteiger partial charge >= 0.3 is 0 Å². The summed E-state index contributed by atoms with van der Waals surface area (Å²) < 4.78 is 1.87. The third kappa shape index (κ3) is 3.20. The van der Waals surface area contributed by atoms with E-state index in [2.05, 4.69) is 43.8 Å². The van der Waals surface area contributed by atoms with Gasteiger partial charge in [-0.2, -0.15) is 0 Å². The molecule has 1 fully saturated rings. The van der Waals surface area contributed by atoms with E-state index in [1.165, 1.54) is 0 Å². The van der Waals surface area contributed by atoms with Crippen LogP contribution in [0.2, 0.25) is 0 Å². The fraction of sp³-hybridized carbons (Fsp3) is 0.417. The van der Waals surface area contributed by atoms with Crippen molar-refractivity contribution in [3.63, 3.8) is 0 Å². The van der Waals surface area contributed by atoms with Crippen LogP contribution < -0.4 is 11.1 Å². The van der Waals surface area contributed by atoms with Crippen molar-refractivity contribution >= 4 is 44.4 Å². The van der Waals surface area contributed by atoms with Crippen LogP contribution in [0.4, 0.5) is 0 Å². The number of amides is 1. The van der Waals surface area contributed by atoms with Gasteiger partial charge in [0.05, 0.1) is 5.56 Å². The number of carbonyl (C=O) groups is 1. The predicted molar refractivity (Wildman–Crippen MR) is 79.9 cm³/mol. The zero-order valence-corrected chi connectivity index (χ0v) is 13.0. The molecule has 0 bridgehead atoms. The Bertz CT molecular complexity index is 439. The van der Waals surface area contributed by atoms with Crippen molar-refractivity contribution < 1.29 is 4.79 Å². The SMILES string of the molecule is NC1CCCC1NC(=O)c1cc(I)ccc1Br. The second-order valence-corrected chi connectivity index (χ2v) is 6.40. The fourth-order valence-corrected chi connectivity index (χ4v) is 3.00. The summed E-state index contributed by atoms with van der Waals surface area (Å²) in [5, 5.41) is 3.02. The summed E-state index contributed by atoms with van der Waals surface area (Å²) in [6, 6.07) is 5.95. The summed E-state index contributed by atoms with van der Waals surface area (Å²) in [4.78, 5) is 12.1. The number of hydrogen-bond donors (Lipinski definition) is 2. The van der Waals surface area contributed by atoms with E-state index in [1.54, 1.807) is 0 Å². The highest BCUT2D eigenvalue weighted by Gasteiger charge is 2.26. The lowest BCUT2D eigenvalue weighted by atomic mass is 10.1. The van der Waals surface area contributed by atoms with Gasteiger partial charge in [-0.25, -0.2) is 0 Å². The molecular weight excluding hydrogens is 395 g/mol. The normalized spacial score (nSPS) is 23.7. The van der Waals surface area contributed by atoms with Gasteiger partial charge in [0.2, 0.25) is 0 Å².